The lowest BCUT2D eigenvalue weighted by Crippen LogP contribution is -2.49. The molecule has 1 amide bonds. The summed E-state index contributed by atoms with van der Waals surface area (Å²) in [5.74, 6) is 2.14. The third kappa shape index (κ3) is 2.67. The molecule has 2 aromatic rings. The van der Waals surface area contributed by atoms with Crippen LogP contribution in [0.1, 0.15) is 13.8 Å². The van der Waals surface area contributed by atoms with Crippen LogP contribution in [-0.2, 0) is 4.79 Å². The highest BCUT2D eigenvalue weighted by Gasteiger charge is 2.57. The maximum atomic E-state index is 12.4. The summed E-state index contributed by atoms with van der Waals surface area (Å²) in [6.45, 7) is 6.34. The average molecular weight is 314 g/mol. The third-order valence-electron chi connectivity index (χ3n) is 4.83. The van der Waals surface area contributed by atoms with Gasteiger partial charge in [0.1, 0.15) is 6.61 Å². The molecule has 2 N–H and O–H groups in total. The van der Waals surface area contributed by atoms with Gasteiger partial charge in [-0.3, -0.25) is 4.79 Å². The van der Waals surface area contributed by atoms with E-state index in [0.717, 1.165) is 24.5 Å². The number of ether oxygens (including phenoxy) is 1. The van der Waals surface area contributed by atoms with Gasteiger partial charge in [0.2, 0.25) is 5.91 Å². The van der Waals surface area contributed by atoms with Crippen LogP contribution in [0, 0.1) is 17.8 Å². The zero-order valence-corrected chi connectivity index (χ0v) is 13.5. The maximum Gasteiger partial charge on any atom is 0.224 e. The molecule has 1 aliphatic carbocycles. The summed E-state index contributed by atoms with van der Waals surface area (Å²) >= 11 is 0. The van der Waals surface area contributed by atoms with Gasteiger partial charge in [-0.15, -0.1) is 0 Å². The molecule has 2 aliphatic rings. The van der Waals surface area contributed by atoms with Crippen molar-refractivity contribution in [2.24, 2.45) is 17.8 Å². The molecule has 122 valence electrons. The molecule has 4 rings (SSSR count). The molecule has 3 atom stereocenters. The molecule has 1 saturated carbocycles. The number of nitrogens with one attached hydrogen (secondary N) is 2. The molecule has 0 radical (unpaired) electrons. The summed E-state index contributed by atoms with van der Waals surface area (Å²) in [6.07, 6.45) is 5.56. The first-order valence-electron chi connectivity index (χ1n) is 8.12. The van der Waals surface area contributed by atoms with Crippen molar-refractivity contribution in [3.63, 3.8) is 0 Å². The van der Waals surface area contributed by atoms with Crippen LogP contribution in [0.2, 0.25) is 0 Å². The van der Waals surface area contributed by atoms with E-state index in [2.05, 4.69) is 15.6 Å². The minimum Gasteiger partial charge on any atom is -0.487 e. The molecule has 2 fully saturated rings. The number of amides is 1. The summed E-state index contributed by atoms with van der Waals surface area (Å²) in [7, 11) is 0. The molecule has 6 nitrogen and oxygen atoms in total. The summed E-state index contributed by atoms with van der Waals surface area (Å²) < 4.78 is 7.84. The van der Waals surface area contributed by atoms with Gasteiger partial charge in [0.25, 0.3) is 0 Å². The first-order chi connectivity index (χ1) is 11.1. The van der Waals surface area contributed by atoms with E-state index < -0.39 is 5.54 Å². The van der Waals surface area contributed by atoms with Crippen LogP contribution in [0.25, 0.3) is 5.65 Å². The molecule has 1 saturated heterocycles. The Morgan fingerprint density at radius 2 is 2.22 bits per heavy atom. The SMILES string of the molecule is CC(C)(COc1cccn2ccnc12)NC(=O)C1[C@H]2CNC[C@@H]12. The molecule has 1 unspecified atom stereocenters. The van der Waals surface area contributed by atoms with Crippen molar-refractivity contribution in [2.45, 2.75) is 19.4 Å². The standard InChI is InChI=1S/C17H22N4O2/c1-17(2,20-16(22)14-11-8-18-9-12(11)14)10-23-13-4-3-6-21-7-5-19-15(13)21/h3-7,11-12,14,18H,8-10H2,1-2H3,(H,20,22)/t11-,12+,14?. The van der Waals surface area contributed by atoms with Crippen LogP contribution in [0.3, 0.4) is 0 Å². The first-order valence-corrected chi connectivity index (χ1v) is 8.12. The largest absolute Gasteiger partial charge is 0.487 e. The topological polar surface area (TPSA) is 67.7 Å². The molecular weight excluding hydrogens is 292 g/mol. The molecule has 2 aromatic heterocycles. The number of fused-ring (bicyclic) bond motifs is 2. The summed E-state index contributed by atoms with van der Waals surface area (Å²) in [6, 6.07) is 3.82. The Labute approximate surface area is 135 Å². The number of aromatic nitrogens is 2. The zero-order valence-electron chi connectivity index (χ0n) is 13.5. The van der Waals surface area contributed by atoms with Gasteiger partial charge in [-0.1, -0.05) is 0 Å². The number of carbonyl (C=O) groups is 1. The van der Waals surface area contributed by atoms with Gasteiger partial charge in [-0.05, 0) is 50.9 Å². The van der Waals surface area contributed by atoms with Crippen molar-refractivity contribution < 1.29 is 9.53 Å². The lowest BCUT2D eigenvalue weighted by atomic mass is 10.1. The van der Waals surface area contributed by atoms with Crippen molar-refractivity contribution in [1.29, 1.82) is 0 Å². The van der Waals surface area contributed by atoms with Crippen LogP contribution < -0.4 is 15.4 Å². The minimum absolute atomic E-state index is 0.161. The predicted molar refractivity (Wildman–Crippen MR) is 86.2 cm³/mol. The van der Waals surface area contributed by atoms with Crippen LogP contribution in [0.5, 0.6) is 5.75 Å². The second kappa shape index (κ2) is 5.23. The van der Waals surface area contributed by atoms with Crippen molar-refractivity contribution in [3.05, 3.63) is 30.7 Å². The Morgan fingerprint density at radius 3 is 3.00 bits per heavy atom. The Morgan fingerprint density at radius 1 is 1.43 bits per heavy atom. The summed E-state index contributed by atoms with van der Waals surface area (Å²) in [5, 5.41) is 6.46. The molecule has 0 bridgehead atoms. The van der Waals surface area contributed by atoms with Crippen LogP contribution in [0.4, 0.5) is 0 Å². The van der Waals surface area contributed by atoms with E-state index in [1.807, 2.05) is 42.8 Å². The third-order valence-corrected chi connectivity index (χ3v) is 4.83. The van der Waals surface area contributed by atoms with Gasteiger partial charge < -0.3 is 19.8 Å². The molecule has 0 spiro atoms. The van der Waals surface area contributed by atoms with E-state index in [1.165, 1.54) is 0 Å². The van der Waals surface area contributed by atoms with Gasteiger partial charge in [-0.2, -0.15) is 0 Å². The average Bonchev–Trinajstić information content (AvgIpc) is 2.91. The first kappa shape index (κ1) is 14.5. The van der Waals surface area contributed by atoms with E-state index in [0.29, 0.717) is 18.4 Å². The van der Waals surface area contributed by atoms with E-state index in [4.69, 9.17) is 4.74 Å². The number of carbonyl (C=O) groups excluding carboxylic acids is 1. The smallest absolute Gasteiger partial charge is 0.224 e. The summed E-state index contributed by atoms with van der Waals surface area (Å²) in [4.78, 5) is 16.7. The summed E-state index contributed by atoms with van der Waals surface area (Å²) in [5.41, 5.74) is 0.373. The monoisotopic (exact) mass is 314 g/mol. The van der Waals surface area contributed by atoms with Crippen LogP contribution in [0.15, 0.2) is 30.7 Å². The second-order valence-electron chi connectivity index (χ2n) is 7.20. The van der Waals surface area contributed by atoms with Crippen molar-refractivity contribution in [3.8, 4) is 5.75 Å². The Balaban J connectivity index is 1.37. The highest BCUT2D eigenvalue weighted by molar-refractivity contribution is 5.83. The molecular formula is C17H22N4O2. The normalized spacial score (nSPS) is 26.1. The number of imidazole rings is 1. The number of rotatable bonds is 5. The number of nitrogens with zero attached hydrogens (tertiary/aromatic N) is 2. The number of hydrogen-bond acceptors (Lipinski definition) is 4. The molecule has 0 aromatic carbocycles. The molecule has 3 heterocycles. The fourth-order valence-electron chi connectivity index (χ4n) is 3.55. The van der Waals surface area contributed by atoms with Crippen molar-refractivity contribution >= 4 is 11.6 Å². The number of hydrogen-bond donors (Lipinski definition) is 2. The Bertz CT molecular complexity index is 729. The second-order valence-corrected chi connectivity index (χ2v) is 7.20. The Kier molecular flexibility index (Phi) is 3.30. The highest BCUT2D eigenvalue weighted by Crippen LogP contribution is 2.48. The van der Waals surface area contributed by atoms with Crippen molar-refractivity contribution in [2.75, 3.05) is 19.7 Å². The van der Waals surface area contributed by atoms with Crippen LogP contribution in [-0.4, -0.2) is 40.5 Å². The number of piperidine rings is 1. The van der Waals surface area contributed by atoms with Gasteiger partial charge in [0, 0.05) is 24.5 Å². The van der Waals surface area contributed by atoms with Gasteiger partial charge in [0.15, 0.2) is 11.4 Å². The van der Waals surface area contributed by atoms with Gasteiger partial charge >= 0.3 is 0 Å². The lowest BCUT2D eigenvalue weighted by Gasteiger charge is -2.27. The number of pyridine rings is 1. The lowest BCUT2D eigenvalue weighted by molar-refractivity contribution is -0.125. The maximum absolute atomic E-state index is 12.4. The fraction of sp³-hybridized carbons (Fsp3) is 0.529. The predicted octanol–water partition coefficient (Wildman–Crippen LogP) is 1.07. The van der Waals surface area contributed by atoms with Crippen molar-refractivity contribution in [1.82, 2.24) is 20.0 Å². The van der Waals surface area contributed by atoms with E-state index in [9.17, 15) is 4.79 Å². The minimum atomic E-state index is -0.416. The molecule has 23 heavy (non-hydrogen) atoms. The van der Waals surface area contributed by atoms with E-state index >= 15 is 0 Å². The highest BCUT2D eigenvalue weighted by atomic mass is 16.5. The van der Waals surface area contributed by atoms with E-state index in [-0.39, 0.29) is 11.8 Å². The van der Waals surface area contributed by atoms with Gasteiger partial charge in [0.05, 0.1) is 5.54 Å². The van der Waals surface area contributed by atoms with Gasteiger partial charge in [-0.25, -0.2) is 4.98 Å². The fourth-order valence-corrected chi connectivity index (χ4v) is 3.55. The zero-order chi connectivity index (χ0) is 16.0. The van der Waals surface area contributed by atoms with Crippen LogP contribution >= 0.6 is 0 Å². The van der Waals surface area contributed by atoms with E-state index in [1.54, 1.807) is 6.20 Å². The quantitative estimate of drug-likeness (QED) is 0.866. The Hall–Kier alpha value is -2.08. The molecule has 1 aliphatic heterocycles. The molecule has 6 heteroatoms.